The van der Waals surface area contributed by atoms with E-state index >= 15 is 0 Å². The highest BCUT2D eigenvalue weighted by atomic mass is 35.5. The largest absolute Gasteiger partial charge is 0.387 e. The first-order chi connectivity index (χ1) is 9.58. The number of urea groups is 1. The first-order valence-electron chi connectivity index (χ1n) is 6.63. The Morgan fingerprint density at radius 2 is 2.00 bits per heavy atom. The third-order valence-electron chi connectivity index (χ3n) is 3.89. The van der Waals surface area contributed by atoms with Gasteiger partial charge in [0, 0.05) is 11.6 Å². The van der Waals surface area contributed by atoms with Gasteiger partial charge in [-0.1, -0.05) is 23.7 Å². The molecule has 2 unspecified atom stereocenters. The van der Waals surface area contributed by atoms with Gasteiger partial charge < -0.3 is 10.0 Å². The molecule has 2 aliphatic rings. The van der Waals surface area contributed by atoms with Gasteiger partial charge in [-0.15, -0.1) is 0 Å². The van der Waals surface area contributed by atoms with Crippen LogP contribution in [0.3, 0.4) is 0 Å². The average Bonchev–Trinajstić information content (AvgIpc) is 2.99. The van der Waals surface area contributed by atoms with Crippen LogP contribution in [0.4, 0.5) is 4.79 Å². The Kier molecular flexibility index (Phi) is 3.40. The molecular weight excluding hydrogens is 280 g/mol. The van der Waals surface area contributed by atoms with Crippen molar-refractivity contribution in [3.63, 3.8) is 0 Å². The van der Waals surface area contributed by atoms with Crippen molar-refractivity contribution < 1.29 is 14.7 Å². The first-order valence-corrected chi connectivity index (χ1v) is 7.01. The van der Waals surface area contributed by atoms with Gasteiger partial charge in [-0.3, -0.25) is 9.69 Å². The van der Waals surface area contributed by atoms with Gasteiger partial charge in [-0.2, -0.15) is 0 Å². The molecule has 3 amide bonds. The number of carbonyl (C=O) groups excluding carboxylic acids is 2. The van der Waals surface area contributed by atoms with E-state index in [1.165, 1.54) is 0 Å². The second kappa shape index (κ2) is 5.07. The maximum atomic E-state index is 12.1. The van der Waals surface area contributed by atoms with Gasteiger partial charge in [0.05, 0.1) is 12.6 Å². The van der Waals surface area contributed by atoms with Gasteiger partial charge in [0.25, 0.3) is 5.91 Å². The molecule has 20 heavy (non-hydrogen) atoms. The van der Waals surface area contributed by atoms with Crippen LogP contribution in [0.25, 0.3) is 0 Å². The van der Waals surface area contributed by atoms with Crippen molar-refractivity contribution in [3.8, 4) is 0 Å². The fraction of sp³-hybridized carbons (Fsp3) is 0.429. The molecule has 0 saturated carbocycles. The van der Waals surface area contributed by atoms with Crippen molar-refractivity contribution in [3.05, 3.63) is 34.9 Å². The van der Waals surface area contributed by atoms with Gasteiger partial charge in [0.1, 0.15) is 6.04 Å². The molecule has 0 aliphatic carbocycles. The summed E-state index contributed by atoms with van der Waals surface area (Å²) in [5.41, 5.74) is 0.641. The van der Waals surface area contributed by atoms with Crippen molar-refractivity contribution in [2.24, 2.45) is 0 Å². The third-order valence-corrected chi connectivity index (χ3v) is 4.14. The molecule has 5 nitrogen and oxygen atoms in total. The molecule has 2 heterocycles. The number of hydrogen-bond donors (Lipinski definition) is 1. The number of carbonyl (C=O) groups is 2. The van der Waals surface area contributed by atoms with Crippen LogP contribution in [0.15, 0.2) is 24.3 Å². The molecule has 1 aromatic rings. The SMILES string of the molecule is O=C1C2CCCN2C(=O)N1CC(O)c1ccc(Cl)cc1. The number of fused-ring (bicyclic) bond motifs is 1. The van der Waals surface area contributed by atoms with Crippen LogP contribution in [-0.2, 0) is 4.79 Å². The van der Waals surface area contributed by atoms with Crippen molar-refractivity contribution >= 4 is 23.5 Å². The second-order valence-corrected chi connectivity index (χ2v) is 5.59. The van der Waals surface area contributed by atoms with Gasteiger partial charge in [0.15, 0.2) is 0 Å². The van der Waals surface area contributed by atoms with E-state index in [1.54, 1.807) is 29.2 Å². The summed E-state index contributed by atoms with van der Waals surface area (Å²) in [6, 6.07) is 6.13. The molecule has 0 bridgehead atoms. The summed E-state index contributed by atoms with van der Waals surface area (Å²) in [6.45, 7) is 0.620. The Labute approximate surface area is 121 Å². The standard InChI is InChI=1S/C14H15ClN2O3/c15-10-5-3-9(4-6-10)12(18)8-17-13(19)11-2-1-7-16(11)14(17)20/h3-6,11-12,18H,1-2,7-8H2. The van der Waals surface area contributed by atoms with Crippen LogP contribution >= 0.6 is 11.6 Å². The summed E-state index contributed by atoms with van der Waals surface area (Å²) in [5, 5.41) is 10.7. The predicted octanol–water partition coefficient (Wildman–Crippen LogP) is 1.80. The molecule has 2 saturated heterocycles. The second-order valence-electron chi connectivity index (χ2n) is 5.15. The Morgan fingerprint density at radius 1 is 1.30 bits per heavy atom. The average molecular weight is 295 g/mol. The van der Waals surface area contributed by atoms with Crippen LogP contribution in [-0.4, -0.2) is 46.0 Å². The summed E-state index contributed by atoms with van der Waals surface area (Å²) >= 11 is 5.79. The minimum Gasteiger partial charge on any atom is -0.387 e. The first kappa shape index (κ1) is 13.4. The number of aliphatic hydroxyl groups is 1. The van der Waals surface area contributed by atoms with Crippen LogP contribution in [0.2, 0.25) is 5.02 Å². The summed E-state index contributed by atoms with van der Waals surface area (Å²) in [5.74, 6) is -0.194. The molecule has 106 valence electrons. The highest BCUT2D eigenvalue weighted by Crippen LogP contribution is 2.29. The molecule has 0 radical (unpaired) electrons. The lowest BCUT2D eigenvalue weighted by Crippen LogP contribution is -2.36. The van der Waals surface area contributed by atoms with Gasteiger partial charge in [0.2, 0.25) is 0 Å². The van der Waals surface area contributed by atoms with Crippen LogP contribution in [0.5, 0.6) is 0 Å². The lowest BCUT2D eigenvalue weighted by molar-refractivity contribution is -0.128. The minimum atomic E-state index is -0.889. The van der Waals surface area contributed by atoms with Crippen LogP contribution in [0.1, 0.15) is 24.5 Å². The number of hydrogen-bond acceptors (Lipinski definition) is 3. The molecule has 1 N–H and O–H groups in total. The molecule has 2 aliphatic heterocycles. The maximum Gasteiger partial charge on any atom is 0.327 e. The van der Waals surface area contributed by atoms with E-state index in [9.17, 15) is 14.7 Å². The van der Waals surface area contributed by atoms with Crippen molar-refractivity contribution in [1.29, 1.82) is 0 Å². The smallest absolute Gasteiger partial charge is 0.327 e. The molecule has 0 spiro atoms. The molecule has 6 heteroatoms. The highest BCUT2D eigenvalue weighted by molar-refractivity contribution is 6.30. The van der Waals surface area contributed by atoms with Crippen LogP contribution in [0, 0.1) is 0 Å². The van der Waals surface area contributed by atoms with Crippen molar-refractivity contribution in [2.75, 3.05) is 13.1 Å². The van der Waals surface area contributed by atoms with E-state index in [2.05, 4.69) is 0 Å². The molecule has 3 rings (SSSR count). The van der Waals surface area contributed by atoms with E-state index in [-0.39, 0.29) is 24.5 Å². The quantitative estimate of drug-likeness (QED) is 0.865. The number of halogens is 1. The third kappa shape index (κ3) is 2.17. The molecule has 0 aromatic heterocycles. The van der Waals surface area contributed by atoms with E-state index in [0.717, 1.165) is 17.7 Å². The number of nitrogens with zero attached hydrogens (tertiary/aromatic N) is 2. The zero-order valence-electron chi connectivity index (χ0n) is 10.8. The lowest BCUT2D eigenvalue weighted by Gasteiger charge is -2.19. The Morgan fingerprint density at radius 3 is 2.65 bits per heavy atom. The van der Waals surface area contributed by atoms with Crippen LogP contribution < -0.4 is 0 Å². The molecule has 2 atom stereocenters. The summed E-state index contributed by atoms with van der Waals surface area (Å²) < 4.78 is 0. The normalized spacial score (nSPS) is 23.4. The summed E-state index contributed by atoms with van der Waals surface area (Å²) in [6.07, 6.45) is 0.702. The number of rotatable bonds is 3. The zero-order valence-corrected chi connectivity index (χ0v) is 11.6. The van der Waals surface area contributed by atoms with Crippen molar-refractivity contribution in [1.82, 2.24) is 9.80 Å². The minimum absolute atomic E-state index is 0.00764. The van der Waals surface area contributed by atoms with Crippen molar-refractivity contribution in [2.45, 2.75) is 25.0 Å². The van der Waals surface area contributed by atoms with E-state index in [1.807, 2.05) is 0 Å². The fourth-order valence-electron chi connectivity index (χ4n) is 2.81. The predicted molar refractivity (Wildman–Crippen MR) is 73.2 cm³/mol. The highest BCUT2D eigenvalue weighted by Gasteiger charge is 2.47. The Hall–Kier alpha value is -1.59. The van der Waals surface area contributed by atoms with Gasteiger partial charge in [-0.25, -0.2) is 4.79 Å². The van der Waals surface area contributed by atoms with Gasteiger partial charge in [-0.05, 0) is 30.5 Å². The van der Waals surface area contributed by atoms with E-state index in [4.69, 9.17) is 11.6 Å². The van der Waals surface area contributed by atoms with Gasteiger partial charge >= 0.3 is 6.03 Å². The number of amides is 3. The lowest BCUT2D eigenvalue weighted by atomic mass is 10.1. The molecule has 1 aromatic carbocycles. The fourth-order valence-corrected chi connectivity index (χ4v) is 2.94. The monoisotopic (exact) mass is 294 g/mol. The number of aliphatic hydroxyl groups excluding tert-OH is 1. The Balaban J connectivity index is 1.73. The maximum absolute atomic E-state index is 12.1. The summed E-state index contributed by atoms with van der Waals surface area (Å²) in [4.78, 5) is 27.0. The van der Waals surface area contributed by atoms with E-state index in [0.29, 0.717) is 17.1 Å². The van der Waals surface area contributed by atoms with E-state index < -0.39 is 6.10 Å². The topological polar surface area (TPSA) is 60.9 Å². The summed E-state index contributed by atoms with van der Waals surface area (Å²) in [7, 11) is 0. The number of β-amino-alcohol motifs (C(OH)–C–C–N with tert-alkyl or cyclic N) is 1. The Bertz CT molecular complexity index is 524. The molecular formula is C14H15ClN2O3. The number of benzene rings is 1. The molecule has 2 fully saturated rings. The number of imide groups is 1. The zero-order chi connectivity index (χ0) is 14.3.